The van der Waals surface area contributed by atoms with Crippen LogP contribution in [0.3, 0.4) is 0 Å². The standard InChI is InChI=1S/C27H30O/c1-2-3-4-5-6-7-8-9-19-28-20-24-16-15-23-14-13-21-11-10-12-22-17-18-25(24)27(23)26(21)22/h2,10-18H,1,3-9,19-20H2. The number of benzene rings is 4. The first kappa shape index (κ1) is 19.0. The van der Waals surface area contributed by atoms with Crippen LogP contribution >= 0.6 is 0 Å². The lowest BCUT2D eigenvalue weighted by atomic mass is 9.92. The molecule has 0 aromatic heterocycles. The molecule has 0 saturated heterocycles. The van der Waals surface area contributed by atoms with Crippen LogP contribution in [0.5, 0.6) is 0 Å². The molecule has 1 nitrogen and oxygen atoms in total. The van der Waals surface area contributed by atoms with E-state index >= 15 is 0 Å². The average molecular weight is 371 g/mol. The molecule has 28 heavy (non-hydrogen) atoms. The molecule has 4 rings (SSSR count). The molecule has 0 radical (unpaired) electrons. The minimum absolute atomic E-state index is 0.702. The highest BCUT2D eigenvalue weighted by Gasteiger charge is 2.10. The Morgan fingerprint density at radius 1 is 0.679 bits per heavy atom. The highest BCUT2D eigenvalue weighted by atomic mass is 16.5. The van der Waals surface area contributed by atoms with Crippen LogP contribution in [0.4, 0.5) is 0 Å². The van der Waals surface area contributed by atoms with Crippen molar-refractivity contribution in [2.45, 2.75) is 51.6 Å². The van der Waals surface area contributed by atoms with E-state index in [1.807, 2.05) is 6.08 Å². The van der Waals surface area contributed by atoms with Crippen LogP contribution < -0.4 is 0 Å². The van der Waals surface area contributed by atoms with Crippen LogP contribution in [0.15, 0.2) is 67.3 Å². The predicted octanol–water partition coefficient (Wildman–Crippen LogP) is 8.02. The number of rotatable bonds is 11. The minimum atomic E-state index is 0.702. The number of hydrogen-bond acceptors (Lipinski definition) is 1. The molecule has 4 aromatic carbocycles. The van der Waals surface area contributed by atoms with Gasteiger partial charge in [-0.3, -0.25) is 0 Å². The largest absolute Gasteiger partial charge is 0.377 e. The predicted molar refractivity (Wildman–Crippen MR) is 122 cm³/mol. The van der Waals surface area contributed by atoms with Gasteiger partial charge in [-0.2, -0.15) is 0 Å². The van der Waals surface area contributed by atoms with Crippen molar-refractivity contribution in [1.82, 2.24) is 0 Å². The second-order valence-corrected chi connectivity index (χ2v) is 7.83. The van der Waals surface area contributed by atoms with Gasteiger partial charge in [0.1, 0.15) is 0 Å². The Kier molecular flexibility index (Phi) is 6.24. The lowest BCUT2D eigenvalue weighted by molar-refractivity contribution is 0.117. The molecule has 144 valence electrons. The van der Waals surface area contributed by atoms with Gasteiger partial charge in [-0.25, -0.2) is 0 Å². The van der Waals surface area contributed by atoms with E-state index in [9.17, 15) is 0 Å². The van der Waals surface area contributed by atoms with Crippen molar-refractivity contribution in [1.29, 1.82) is 0 Å². The van der Waals surface area contributed by atoms with Crippen molar-refractivity contribution < 1.29 is 4.74 Å². The molecule has 0 spiro atoms. The van der Waals surface area contributed by atoms with E-state index in [0.717, 1.165) is 19.4 Å². The first-order valence-electron chi connectivity index (χ1n) is 10.7. The van der Waals surface area contributed by atoms with Crippen molar-refractivity contribution in [3.05, 3.63) is 72.8 Å². The minimum Gasteiger partial charge on any atom is -0.377 e. The van der Waals surface area contributed by atoms with E-state index in [1.54, 1.807) is 0 Å². The molecule has 0 bridgehead atoms. The monoisotopic (exact) mass is 370 g/mol. The molecule has 0 aliphatic rings. The van der Waals surface area contributed by atoms with E-state index in [4.69, 9.17) is 4.74 Å². The van der Waals surface area contributed by atoms with Crippen LogP contribution in [-0.2, 0) is 11.3 Å². The summed E-state index contributed by atoms with van der Waals surface area (Å²) < 4.78 is 6.04. The summed E-state index contributed by atoms with van der Waals surface area (Å²) in [4.78, 5) is 0. The summed E-state index contributed by atoms with van der Waals surface area (Å²) in [6, 6.07) is 20.0. The maximum absolute atomic E-state index is 6.04. The summed E-state index contributed by atoms with van der Waals surface area (Å²) >= 11 is 0. The zero-order chi connectivity index (χ0) is 19.2. The Labute approximate surface area is 168 Å². The van der Waals surface area contributed by atoms with Crippen LogP contribution in [0.1, 0.15) is 50.5 Å². The van der Waals surface area contributed by atoms with E-state index < -0.39 is 0 Å². The molecule has 0 N–H and O–H groups in total. The Morgan fingerprint density at radius 3 is 2.11 bits per heavy atom. The molecule has 0 saturated carbocycles. The molecule has 0 atom stereocenters. The Hall–Kier alpha value is -2.38. The molecular weight excluding hydrogens is 340 g/mol. The third-order valence-electron chi connectivity index (χ3n) is 5.82. The molecule has 0 unspecified atom stereocenters. The summed E-state index contributed by atoms with van der Waals surface area (Å²) in [6.07, 6.45) is 10.9. The van der Waals surface area contributed by atoms with Crippen LogP contribution in [-0.4, -0.2) is 6.61 Å². The SMILES string of the molecule is C=CCCCCCCCCOCc1ccc2ccc3cccc4ccc1c2c34. The van der Waals surface area contributed by atoms with E-state index in [0.29, 0.717) is 6.61 Å². The summed E-state index contributed by atoms with van der Waals surface area (Å²) in [5.41, 5.74) is 1.30. The third kappa shape index (κ3) is 4.05. The molecule has 1 heteroatoms. The van der Waals surface area contributed by atoms with Gasteiger partial charge < -0.3 is 4.74 Å². The van der Waals surface area contributed by atoms with Gasteiger partial charge in [0, 0.05) is 6.61 Å². The van der Waals surface area contributed by atoms with E-state index in [1.165, 1.54) is 70.0 Å². The molecular formula is C27H30O. The number of ether oxygens (including phenoxy) is 1. The number of hydrogen-bond donors (Lipinski definition) is 0. The highest BCUT2D eigenvalue weighted by molar-refractivity contribution is 6.23. The second kappa shape index (κ2) is 9.21. The summed E-state index contributed by atoms with van der Waals surface area (Å²) in [5, 5.41) is 8.07. The second-order valence-electron chi connectivity index (χ2n) is 7.83. The van der Waals surface area contributed by atoms with Gasteiger partial charge in [0.25, 0.3) is 0 Å². The summed E-state index contributed by atoms with van der Waals surface area (Å²) in [7, 11) is 0. The van der Waals surface area contributed by atoms with Gasteiger partial charge in [-0.05, 0) is 57.1 Å². The Morgan fingerprint density at radius 2 is 1.32 bits per heavy atom. The fourth-order valence-electron chi connectivity index (χ4n) is 4.30. The van der Waals surface area contributed by atoms with Crippen LogP contribution in [0.2, 0.25) is 0 Å². The zero-order valence-corrected chi connectivity index (χ0v) is 16.8. The van der Waals surface area contributed by atoms with Crippen molar-refractivity contribution in [3.63, 3.8) is 0 Å². The molecule has 4 aromatic rings. The lowest BCUT2D eigenvalue weighted by Crippen LogP contribution is -1.97. The smallest absolute Gasteiger partial charge is 0.0722 e. The van der Waals surface area contributed by atoms with Gasteiger partial charge in [0.15, 0.2) is 0 Å². The molecule has 0 aliphatic heterocycles. The van der Waals surface area contributed by atoms with Crippen molar-refractivity contribution in [2.75, 3.05) is 6.61 Å². The summed E-state index contributed by atoms with van der Waals surface area (Å²) in [6.45, 7) is 5.34. The first-order chi connectivity index (χ1) is 13.9. The molecule has 0 heterocycles. The first-order valence-corrected chi connectivity index (χ1v) is 10.7. The van der Waals surface area contributed by atoms with Crippen molar-refractivity contribution in [3.8, 4) is 0 Å². The van der Waals surface area contributed by atoms with Crippen LogP contribution in [0.25, 0.3) is 32.3 Å². The quantitative estimate of drug-likeness (QED) is 0.147. The fraction of sp³-hybridized carbons (Fsp3) is 0.333. The number of allylic oxidation sites excluding steroid dienone is 1. The van der Waals surface area contributed by atoms with E-state index in [2.05, 4.69) is 61.2 Å². The molecule has 0 fully saturated rings. The van der Waals surface area contributed by atoms with Gasteiger partial charge in [-0.1, -0.05) is 86.4 Å². The van der Waals surface area contributed by atoms with E-state index in [-0.39, 0.29) is 0 Å². The maximum atomic E-state index is 6.04. The van der Waals surface area contributed by atoms with Gasteiger partial charge in [-0.15, -0.1) is 6.58 Å². The topological polar surface area (TPSA) is 9.23 Å². The molecule has 0 aliphatic carbocycles. The zero-order valence-electron chi connectivity index (χ0n) is 16.8. The fourth-order valence-corrected chi connectivity index (χ4v) is 4.30. The van der Waals surface area contributed by atoms with Gasteiger partial charge in [0.05, 0.1) is 6.61 Å². The number of unbranched alkanes of at least 4 members (excludes halogenated alkanes) is 6. The van der Waals surface area contributed by atoms with Gasteiger partial charge in [0.2, 0.25) is 0 Å². The Balaban J connectivity index is 1.36. The summed E-state index contributed by atoms with van der Waals surface area (Å²) in [5.74, 6) is 0. The normalized spacial score (nSPS) is 11.7. The van der Waals surface area contributed by atoms with Gasteiger partial charge >= 0.3 is 0 Å². The Bertz CT molecular complexity index is 1030. The van der Waals surface area contributed by atoms with Crippen LogP contribution in [0, 0.1) is 0 Å². The lowest BCUT2D eigenvalue weighted by Gasteiger charge is -2.14. The average Bonchev–Trinajstić information content (AvgIpc) is 2.74. The van der Waals surface area contributed by atoms with Crippen molar-refractivity contribution in [2.24, 2.45) is 0 Å². The highest BCUT2D eigenvalue weighted by Crippen LogP contribution is 2.36. The van der Waals surface area contributed by atoms with Crippen molar-refractivity contribution >= 4 is 32.3 Å². The third-order valence-corrected chi connectivity index (χ3v) is 5.82. The maximum Gasteiger partial charge on any atom is 0.0722 e. The molecule has 0 amide bonds.